The lowest BCUT2D eigenvalue weighted by Gasteiger charge is -2.40. The summed E-state index contributed by atoms with van der Waals surface area (Å²) >= 11 is 0. The Balaban J connectivity index is 2.22. The van der Waals surface area contributed by atoms with Gasteiger partial charge in [-0.25, -0.2) is 0 Å². The van der Waals surface area contributed by atoms with E-state index in [4.69, 9.17) is 19.8 Å². The number of methoxy groups -OCH3 is 1. The molecule has 0 aromatic heterocycles. The first-order chi connectivity index (χ1) is 9.07. The highest BCUT2D eigenvalue weighted by molar-refractivity contribution is 5.68. The van der Waals surface area contributed by atoms with Gasteiger partial charge in [0.15, 0.2) is 0 Å². The van der Waals surface area contributed by atoms with Gasteiger partial charge in [-0.15, -0.1) is 0 Å². The smallest absolute Gasteiger partial charge is 0.307 e. The normalized spacial score (nSPS) is 16.0. The number of hydrogen-bond acceptors (Lipinski definition) is 4. The van der Waals surface area contributed by atoms with Crippen LogP contribution >= 0.6 is 0 Å². The van der Waals surface area contributed by atoms with Crippen molar-refractivity contribution in [3.05, 3.63) is 23.8 Å². The van der Waals surface area contributed by atoms with Gasteiger partial charge >= 0.3 is 5.97 Å². The molecule has 5 heteroatoms. The van der Waals surface area contributed by atoms with E-state index in [1.165, 1.54) is 7.11 Å². The van der Waals surface area contributed by atoms with Crippen LogP contribution in [0.15, 0.2) is 18.2 Å². The van der Waals surface area contributed by atoms with Crippen LogP contribution in [0.2, 0.25) is 0 Å². The van der Waals surface area contributed by atoms with E-state index in [1.807, 2.05) is 6.07 Å². The summed E-state index contributed by atoms with van der Waals surface area (Å²) < 4.78 is 10.9. The quantitative estimate of drug-likeness (QED) is 0.880. The first-order valence-corrected chi connectivity index (χ1v) is 6.07. The molecule has 0 heterocycles. The number of carbonyl (C=O) groups is 1. The number of ether oxygens (including phenoxy) is 2. The number of carboxylic acids is 1. The van der Waals surface area contributed by atoms with E-state index >= 15 is 0 Å². The Morgan fingerprint density at radius 1 is 1.42 bits per heavy atom. The van der Waals surface area contributed by atoms with Gasteiger partial charge in [0.1, 0.15) is 17.1 Å². The van der Waals surface area contributed by atoms with Crippen LogP contribution in [0.5, 0.6) is 11.5 Å². The molecule has 19 heavy (non-hydrogen) atoms. The van der Waals surface area contributed by atoms with Gasteiger partial charge in [-0.3, -0.25) is 4.79 Å². The second kappa shape index (κ2) is 5.19. The molecule has 0 spiro atoms. The number of hydrogen-bond donors (Lipinski definition) is 1. The third-order valence-electron chi connectivity index (χ3n) is 3.32. The summed E-state index contributed by atoms with van der Waals surface area (Å²) in [5.74, 6) is 0.138. The number of aliphatic carboxylic acids is 1. The Morgan fingerprint density at radius 2 is 2.11 bits per heavy atom. The molecule has 100 valence electrons. The van der Waals surface area contributed by atoms with Crippen LogP contribution < -0.4 is 9.47 Å². The molecule has 2 rings (SSSR count). The zero-order chi connectivity index (χ0) is 13.9. The van der Waals surface area contributed by atoms with Crippen molar-refractivity contribution in [2.45, 2.75) is 31.3 Å². The largest absolute Gasteiger partial charge is 0.497 e. The van der Waals surface area contributed by atoms with Gasteiger partial charge in [-0.2, -0.15) is 5.26 Å². The topological polar surface area (TPSA) is 79.5 Å². The summed E-state index contributed by atoms with van der Waals surface area (Å²) in [6, 6.07) is 6.91. The zero-order valence-corrected chi connectivity index (χ0v) is 10.7. The third-order valence-corrected chi connectivity index (χ3v) is 3.32. The Labute approximate surface area is 111 Å². The minimum atomic E-state index is -0.872. The number of nitrogens with zero attached hydrogens (tertiary/aromatic N) is 1. The second-order valence-corrected chi connectivity index (χ2v) is 4.72. The highest BCUT2D eigenvalue weighted by atomic mass is 16.5. The van der Waals surface area contributed by atoms with E-state index in [1.54, 1.807) is 18.2 Å². The van der Waals surface area contributed by atoms with Gasteiger partial charge < -0.3 is 14.6 Å². The maximum Gasteiger partial charge on any atom is 0.307 e. The molecule has 1 aliphatic carbocycles. The highest BCUT2D eigenvalue weighted by Crippen LogP contribution is 2.40. The molecule has 1 aliphatic rings. The molecule has 0 amide bonds. The van der Waals surface area contributed by atoms with Gasteiger partial charge in [0.2, 0.25) is 0 Å². The fraction of sp³-hybridized carbons (Fsp3) is 0.429. The van der Waals surface area contributed by atoms with Gasteiger partial charge in [0, 0.05) is 6.07 Å². The Kier molecular flexibility index (Phi) is 3.61. The Morgan fingerprint density at radius 3 is 2.58 bits per heavy atom. The van der Waals surface area contributed by atoms with E-state index in [-0.39, 0.29) is 6.42 Å². The van der Waals surface area contributed by atoms with E-state index in [9.17, 15) is 4.79 Å². The Bertz CT molecular complexity index is 529. The van der Waals surface area contributed by atoms with Crippen molar-refractivity contribution in [2.75, 3.05) is 7.11 Å². The van der Waals surface area contributed by atoms with Gasteiger partial charge in [0.05, 0.1) is 25.2 Å². The monoisotopic (exact) mass is 261 g/mol. The van der Waals surface area contributed by atoms with Crippen molar-refractivity contribution >= 4 is 5.97 Å². The van der Waals surface area contributed by atoms with Crippen LogP contribution in [-0.2, 0) is 4.79 Å². The average Bonchev–Trinajstić information content (AvgIpc) is 2.35. The van der Waals surface area contributed by atoms with Crippen molar-refractivity contribution in [1.29, 1.82) is 5.26 Å². The molecular weight excluding hydrogens is 246 g/mol. The molecule has 5 nitrogen and oxygen atoms in total. The lowest BCUT2D eigenvalue weighted by Crippen LogP contribution is -2.45. The van der Waals surface area contributed by atoms with E-state index in [2.05, 4.69) is 0 Å². The molecule has 0 aliphatic heterocycles. The standard InChI is InChI=1S/C14H15NO4/c1-18-11-5-10(9-15)6-12(7-11)19-14(3-2-4-14)8-13(16)17/h5-7H,2-4,8H2,1H3,(H,16,17). The molecule has 1 saturated carbocycles. The summed E-state index contributed by atoms with van der Waals surface area (Å²) in [6.45, 7) is 0. The van der Waals surface area contributed by atoms with Crippen LogP contribution in [-0.4, -0.2) is 23.8 Å². The third kappa shape index (κ3) is 2.97. The minimum absolute atomic E-state index is 0.0217. The molecule has 1 N–H and O–H groups in total. The van der Waals surface area contributed by atoms with Gasteiger partial charge in [-0.1, -0.05) is 0 Å². The minimum Gasteiger partial charge on any atom is -0.497 e. The van der Waals surface area contributed by atoms with Crippen LogP contribution in [0, 0.1) is 11.3 Å². The number of carboxylic acid groups (broad SMARTS) is 1. The predicted molar refractivity (Wildman–Crippen MR) is 67.2 cm³/mol. The van der Waals surface area contributed by atoms with E-state index in [0.717, 1.165) is 19.3 Å². The van der Waals surface area contributed by atoms with Crippen molar-refractivity contribution in [3.8, 4) is 17.6 Å². The van der Waals surface area contributed by atoms with Crippen molar-refractivity contribution in [2.24, 2.45) is 0 Å². The molecule has 0 bridgehead atoms. The summed E-state index contributed by atoms with van der Waals surface area (Å²) in [4.78, 5) is 10.9. The summed E-state index contributed by atoms with van der Waals surface area (Å²) in [7, 11) is 1.51. The predicted octanol–water partition coefficient (Wildman–Crippen LogP) is 2.34. The van der Waals surface area contributed by atoms with Gasteiger partial charge in [-0.05, 0) is 31.4 Å². The molecular formula is C14H15NO4. The molecule has 1 fully saturated rings. The van der Waals surface area contributed by atoms with Gasteiger partial charge in [0.25, 0.3) is 0 Å². The first-order valence-electron chi connectivity index (χ1n) is 6.07. The van der Waals surface area contributed by atoms with E-state index < -0.39 is 11.6 Å². The first kappa shape index (κ1) is 13.2. The van der Waals surface area contributed by atoms with Crippen LogP contribution in [0.1, 0.15) is 31.2 Å². The summed E-state index contributed by atoms with van der Waals surface area (Å²) in [5.41, 5.74) is -0.204. The molecule has 0 atom stereocenters. The van der Waals surface area contributed by atoms with Crippen LogP contribution in [0.25, 0.3) is 0 Å². The average molecular weight is 261 g/mol. The summed E-state index contributed by atoms with van der Waals surface area (Å²) in [5, 5.41) is 17.9. The lowest BCUT2D eigenvalue weighted by atomic mass is 9.77. The number of benzene rings is 1. The molecule has 0 radical (unpaired) electrons. The SMILES string of the molecule is COc1cc(C#N)cc(OC2(CC(=O)O)CCC2)c1. The fourth-order valence-corrected chi connectivity index (χ4v) is 2.22. The van der Waals surface area contributed by atoms with Crippen molar-refractivity contribution in [3.63, 3.8) is 0 Å². The maximum atomic E-state index is 10.9. The Hall–Kier alpha value is -2.22. The number of rotatable bonds is 5. The maximum absolute atomic E-state index is 10.9. The fourth-order valence-electron chi connectivity index (χ4n) is 2.22. The van der Waals surface area contributed by atoms with Crippen molar-refractivity contribution in [1.82, 2.24) is 0 Å². The van der Waals surface area contributed by atoms with E-state index in [0.29, 0.717) is 17.1 Å². The highest BCUT2D eigenvalue weighted by Gasteiger charge is 2.41. The molecule has 0 unspecified atom stereocenters. The summed E-state index contributed by atoms with van der Waals surface area (Å²) in [6.07, 6.45) is 2.38. The second-order valence-electron chi connectivity index (χ2n) is 4.72. The number of nitriles is 1. The molecule has 1 aromatic carbocycles. The van der Waals surface area contributed by atoms with Crippen LogP contribution in [0.3, 0.4) is 0 Å². The lowest BCUT2D eigenvalue weighted by molar-refractivity contribution is -0.144. The van der Waals surface area contributed by atoms with Crippen molar-refractivity contribution < 1.29 is 19.4 Å². The molecule has 0 saturated heterocycles. The molecule has 1 aromatic rings. The van der Waals surface area contributed by atoms with Crippen LogP contribution in [0.4, 0.5) is 0 Å². The zero-order valence-electron chi connectivity index (χ0n) is 10.7.